The van der Waals surface area contributed by atoms with E-state index in [0.717, 1.165) is 44.4 Å². The number of nitrogens with zero attached hydrogens (tertiary/aromatic N) is 1. The number of rotatable bonds is 8. The van der Waals surface area contributed by atoms with Crippen molar-refractivity contribution in [1.29, 1.82) is 0 Å². The molecule has 2 amide bonds. The quantitative estimate of drug-likeness (QED) is 0.317. The van der Waals surface area contributed by atoms with Gasteiger partial charge in [-0.2, -0.15) is 0 Å². The SMILES string of the molecule is Cc1cccc(OCCN2C(=O)S/C(=C\c3ccc(OCc4ccc(Br)cc4)cc3)C2=O)c1. The molecule has 1 aliphatic heterocycles. The number of halogens is 1. The van der Waals surface area contributed by atoms with Crippen LogP contribution in [0.5, 0.6) is 11.5 Å². The average Bonchev–Trinajstić information content (AvgIpc) is 3.07. The number of carbonyl (C=O) groups excluding carboxylic acids is 2. The molecular weight excluding hydrogens is 502 g/mol. The molecule has 3 aromatic carbocycles. The van der Waals surface area contributed by atoms with Gasteiger partial charge in [0.25, 0.3) is 11.1 Å². The number of amides is 2. The van der Waals surface area contributed by atoms with Crippen LogP contribution in [0.3, 0.4) is 0 Å². The first-order chi connectivity index (χ1) is 16.0. The van der Waals surface area contributed by atoms with Crippen molar-refractivity contribution in [3.8, 4) is 11.5 Å². The highest BCUT2D eigenvalue weighted by Gasteiger charge is 2.34. The highest BCUT2D eigenvalue weighted by atomic mass is 79.9. The minimum absolute atomic E-state index is 0.207. The molecule has 7 heteroatoms. The zero-order chi connectivity index (χ0) is 23.2. The highest BCUT2D eigenvalue weighted by molar-refractivity contribution is 9.10. The second-order valence-electron chi connectivity index (χ2n) is 7.48. The van der Waals surface area contributed by atoms with E-state index in [1.807, 2.05) is 79.7 Å². The van der Waals surface area contributed by atoms with E-state index >= 15 is 0 Å². The van der Waals surface area contributed by atoms with Gasteiger partial charge in [0.15, 0.2) is 0 Å². The molecule has 0 bridgehead atoms. The van der Waals surface area contributed by atoms with E-state index in [1.54, 1.807) is 6.08 Å². The largest absolute Gasteiger partial charge is 0.492 e. The zero-order valence-electron chi connectivity index (χ0n) is 18.0. The standard InChI is InChI=1S/C26H22BrNO4S/c1-18-3-2-4-23(15-18)31-14-13-28-25(29)24(33-26(28)30)16-19-7-11-22(12-8-19)32-17-20-5-9-21(27)10-6-20/h2-12,15-16H,13-14,17H2,1H3/b24-16-. The van der Waals surface area contributed by atoms with Gasteiger partial charge in [-0.25, -0.2) is 0 Å². The lowest BCUT2D eigenvalue weighted by atomic mass is 10.2. The maximum Gasteiger partial charge on any atom is 0.293 e. The van der Waals surface area contributed by atoms with Gasteiger partial charge in [0.05, 0.1) is 11.4 Å². The molecule has 1 heterocycles. The molecule has 5 nitrogen and oxygen atoms in total. The topological polar surface area (TPSA) is 55.8 Å². The Kier molecular flexibility index (Phi) is 7.52. The van der Waals surface area contributed by atoms with Gasteiger partial charge in [0.1, 0.15) is 24.7 Å². The molecule has 0 aromatic heterocycles. The molecule has 33 heavy (non-hydrogen) atoms. The van der Waals surface area contributed by atoms with Crippen LogP contribution in [0.1, 0.15) is 16.7 Å². The molecule has 0 unspecified atom stereocenters. The number of imide groups is 1. The Bertz CT molecular complexity index is 1180. The summed E-state index contributed by atoms with van der Waals surface area (Å²) in [5.74, 6) is 1.16. The van der Waals surface area contributed by atoms with E-state index in [-0.39, 0.29) is 24.3 Å². The number of hydrogen-bond acceptors (Lipinski definition) is 5. The zero-order valence-corrected chi connectivity index (χ0v) is 20.4. The Balaban J connectivity index is 1.32. The number of hydrogen-bond donors (Lipinski definition) is 0. The predicted octanol–water partition coefficient (Wildman–Crippen LogP) is 6.45. The van der Waals surface area contributed by atoms with Crippen LogP contribution in [-0.2, 0) is 11.4 Å². The van der Waals surface area contributed by atoms with E-state index in [4.69, 9.17) is 9.47 Å². The first-order valence-corrected chi connectivity index (χ1v) is 12.0. The van der Waals surface area contributed by atoms with Crippen LogP contribution in [0.2, 0.25) is 0 Å². The van der Waals surface area contributed by atoms with Gasteiger partial charge >= 0.3 is 0 Å². The lowest BCUT2D eigenvalue weighted by Gasteiger charge is -2.13. The van der Waals surface area contributed by atoms with Crippen LogP contribution >= 0.6 is 27.7 Å². The molecule has 0 saturated carbocycles. The number of aryl methyl sites for hydroxylation is 1. The maximum absolute atomic E-state index is 12.7. The fraction of sp³-hybridized carbons (Fsp3) is 0.154. The van der Waals surface area contributed by atoms with Crippen molar-refractivity contribution >= 4 is 44.9 Å². The molecule has 3 aromatic rings. The third-order valence-electron chi connectivity index (χ3n) is 4.94. The molecule has 1 aliphatic rings. The number of ether oxygens (including phenoxy) is 2. The van der Waals surface area contributed by atoms with E-state index < -0.39 is 0 Å². The van der Waals surface area contributed by atoms with Crippen molar-refractivity contribution in [2.24, 2.45) is 0 Å². The summed E-state index contributed by atoms with van der Waals surface area (Å²) < 4.78 is 12.5. The van der Waals surface area contributed by atoms with Gasteiger partial charge < -0.3 is 9.47 Å². The summed E-state index contributed by atoms with van der Waals surface area (Å²) >= 11 is 4.36. The highest BCUT2D eigenvalue weighted by Crippen LogP contribution is 2.32. The van der Waals surface area contributed by atoms with Gasteiger partial charge in [-0.1, -0.05) is 52.3 Å². The Morgan fingerprint density at radius 3 is 2.42 bits per heavy atom. The second kappa shape index (κ2) is 10.7. The molecule has 0 atom stereocenters. The van der Waals surface area contributed by atoms with Gasteiger partial charge in [-0.05, 0) is 77.9 Å². The lowest BCUT2D eigenvalue weighted by Crippen LogP contribution is -2.32. The fourth-order valence-corrected chi connectivity index (χ4v) is 4.34. The van der Waals surface area contributed by atoms with Crippen LogP contribution in [0.25, 0.3) is 6.08 Å². The summed E-state index contributed by atoms with van der Waals surface area (Å²) in [5.41, 5.74) is 2.99. The second-order valence-corrected chi connectivity index (χ2v) is 9.39. The summed E-state index contributed by atoms with van der Waals surface area (Å²) in [6.45, 7) is 2.91. The van der Waals surface area contributed by atoms with E-state index in [9.17, 15) is 9.59 Å². The Hall–Kier alpha value is -3.03. The number of thioether (sulfide) groups is 1. The Morgan fingerprint density at radius 1 is 0.939 bits per heavy atom. The van der Waals surface area contributed by atoms with Crippen LogP contribution in [-0.4, -0.2) is 29.2 Å². The number of benzene rings is 3. The van der Waals surface area contributed by atoms with Crippen LogP contribution < -0.4 is 9.47 Å². The molecule has 1 saturated heterocycles. The van der Waals surface area contributed by atoms with E-state index in [1.165, 1.54) is 4.90 Å². The maximum atomic E-state index is 12.7. The van der Waals surface area contributed by atoms with Gasteiger partial charge in [-0.3, -0.25) is 14.5 Å². The fourth-order valence-electron chi connectivity index (χ4n) is 3.21. The minimum Gasteiger partial charge on any atom is -0.492 e. The molecule has 168 valence electrons. The third-order valence-corrected chi connectivity index (χ3v) is 6.38. The molecule has 4 rings (SSSR count). The third kappa shape index (κ3) is 6.27. The van der Waals surface area contributed by atoms with Crippen molar-refractivity contribution in [1.82, 2.24) is 4.90 Å². The van der Waals surface area contributed by atoms with Crippen molar-refractivity contribution in [3.63, 3.8) is 0 Å². The van der Waals surface area contributed by atoms with Gasteiger partial charge in [-0.15, -0.1) is 0 Å². The Labute approximate surface area is 205 Å². The van der Waals surface area contributed by atoms with Crippen LogP contribution in [0.4, 0.5) is 4.79 Å². The Morgan fingerprint density at radius 2 is 1.70 bits per heavy atom. The molecule has 0 radical (unpaired) electrons. The summed E-state index contributed by atoms with van der Waals surface area (Å²) in [5, 5.41) is -0.284. The minimum atomic E-state index is -0.298. The average molecular weight is 524 g/mol. The van der Waals surface area contributed by atoms with Crippen LogP contribution in [0, 0.1) is 6.92 Å². The van der Waals surface area contributed by atoms with Crippen molar-refractivity contribution in [2.45, 2.75) is 13.5 Å². The summed E-state index contributed by atoms with van der Waals surface area (Å²) in [7, 11) is 0. The van der Waals surface area contributed by atoms with Crippen LogP contribution in [0.15, 0.2) is 82.2 Å². The smallest absolute Gasteiger partial charge is 0.293 e. The summed E-state index contributed by atoms with van der Waals surface area (Å²) in [6.07, 6.45) is 1.73. The van der Waals surface area contributed by atoms with E-state index in [2.05, 4.69) is 15.9 Å². The monoisotopic (exact) mass is 523 g/mol. The molecule has 0 aliphatic carbocycles. The molecule has 1 fully saturated rings. The molecular formula is C26H22BrNO4S. The van der Waals surface area contributed by atoms with E-state index in [0.29, 0.717) is 11.5 Å². The van der Waals surface area contributed by atoms with Crippen molar-refractivity contribution < 1.29 is 19.1 Å². The summed E-state index contributed by atoms with van der Waals surface area (Å²) in [4.78, 5) is 26.7. The predicted molar refractivity (Wildman–Crippen MR) is 134 cm³/mol. The van der Waals surface area contributed by atoms with Gasteiger partial charge in [0, 0.05) is 4.47 Å². The first-order valence-electron chi connectivity index (χ1n) is 10.4. The van der Waals surface area contributed by atoms with Gasteiger partial charge in [0.2, 0.25) is 0 Å². The van der Waals surface area contributed by atoms with Crippen molar-refractivity contribution in [2.75, 3.05) is 13.2 Å². The number of carbonyl (C=O) groups is 2. The molecule has 0 spiro atoms. The normalized spacial score (nSPS) is 14.7. The molecule has 0 N–H and O–H groups in total. The lowest BCUT2D eigenvalue weighted by molar-refractivity contribution is -0.123. The van der Waals surface area contributed by atoms with Crippen molar-refractivity contribution in [3.05, 3.63) is 98.9 Å². The summed E-state index contributed by atoms with van der Waals surface area (Å²) in [6, 6.07) is 23.0. The first kappa shape index (κ1) is 23.1.